The first-order valence-electron chi connectivity index (χ1n) is 5.59. The van der Waals surface area contributed by atoms with Gasteiger partial charge in [0.1, 0.15) is 4.47 Å². The summed E-state index contributed by atoms with van der Waals surface area (Å²) in [6.45, 7) is 6.49. The number of halogens is 1. The van der Waals surface area contributed by atoms with Gasteiger partial charge in [0.15, 0.2) is 0 Å². The molecule has 1 atom stereocenters. The van der Waals surface area contributed by atoms with Crippen molar-refractivity contribution in [1.82, 2.24) is 10.2 Å². The van der Waals surface area contributed by atoms with E-state index in [1.54, 1.807) is 6.20 Å². The van der Waals surface area contributed by atoms with Crippen LogP contribution in [0.2, 0.25) is 0 Å². The van der Waals surface area contributed by atoms with Crippen molar-refractivity contribution < 1.29 is 0 Å². The molecule has 0 aliphatic heterocycles. The van der Waals surface area contributed by atoms with Crippen LogP contribution in [-0.4, -0.2) is 16.2 Å². The lowest BCUT2D eigenvalue weighted by Gasteiger charge is -2.23. The van der Waals surface area contributed by atoms with Gasteiger partial charge in [-0.25, -0.2) is 5.10 Å². The van der Waals surface area contributed by atoms with Crippen molar-refractivity contribution in [1.29, 1.82) is 0 Å². The van der Waals surface area contributed by atoms with Crippen LogP contribution in [0.5, 0.6) is 0 Å². The summed E-state index contributed by atoms with van der Waals surface area (Å²) in [7, 11) is 0. The molecule has 1 unspecified atom stereocenters. The Morgan fingerprint density at radius 2 is 2.12 bits per heavy atom. The number of anilines is 1. The van der Waals surface area contributed by atoms with Gasteiger partial charge in [0, 0.05) is 6.04 Å². The smallest absolute Gasteiger partial charge is 0.280 e. The zero-order valence-electron chi connectivity index (χ0n) is 9.88. The maximum Gasteiger partial charge on any atom is 0.280 e. The summed E-state index contributed by atoms with van der Waals surface area (Å²) in [6.07, 6.45) is 3.88. The average Bonchev–Trinajstić information content (AvgIpc) is 2.26. The topological polar surface area (TPSA) is 57.8 Å². The van der Waals surface area contributed by atoms with Crippen LogP contribution in [-0.2, 0) is 0 Å². The molecule has 0 fully saturated rings. The minimum atomic E-state index is -0.207. The molecule has 0 saturated heterocycles. The largest absolute Gasteiger partial charge is 0.380 e. The van der Waals surface area contributed by atoms with Crippen molar-refractivity contribution in [2.24, 2.45) is 5.92 Å². The minimum Gasteiger partial charge on any atom is -0.380 e. The Labute approximate surface area is 104 Å². The molecule has 0 spiro atoms. The van der Waals surface area contributed by atoms with E-state index in [2.05, 4.69) is 52.2 Å². The summed E-state index contributed by atoms with van der Waals surface area (Å²) < 4.78 is 0.514. The Balaban J connectivity index is 2.80. The van der Waals surface area contributed by atoms with Gasteiger partial charge in [-0.2, -0.15) is 5.10 Å². The third-order valence-electron chi connectivity index (χ3n) is 2.93. The standard InChI is InChI=1S/C11H18BrN3O/c1-4-8(5-2)7(3)14-9-6-13-15-11(16)10(9)12/h6-8H,4-5H2,1-3H3,(H2,14,15,16). The number of aromatic amines is 1. The van der Waals surface area contributed by atoms with E-state index in [0.29, 0.717) is 16.4 Å². The zero-order valence-corrected chi connectivity index (χ0v) is 11.5. The number of aromatic nitrogens is 2. The van der Waals surface area contributed by atoms with Crippen LogP contribution >= 0.6 is 15.9 Å². The maximum atomic E-state index is 11.3. The van der Waals surface area contributed by atoms with E-state index in [1.165, 1.54) is 0 Å². The molecule has 0 bridgehead atoms. The van der Waals surface area contributed by atoms with E-state index in [0.717, 1.165) is 18.5 Å². The Morgan fingerprint density at radius 3 is 2.69 bits per heavy atom. The summed E-state index contributed by atoms with van der Waals surface area (Å²) in [4.78, 5) is 11.3. The summed E-state index contributed by atoms with van der Waals surface area (Å²) in [5, 5.41) is 9.48. The second-order valence-corrected chi connectivity index (χ2v) is 4.73. The molecule has 0 aliphatic carbocycles. The molecule has 0 amide bonds. The van der Waals surface area contributed by atoms with E-state index in [9.17, 15) is 4.79 Å². The second kappa shape index (κ2) is 6.03. The highest BCUT2D eigenvalue weighted by Gasteiger charge is 2.15. The molecule has 1 heterocycles. The van der Waals surface area contributed by atoms with Crippen LogP contribution in [0.1, 0.15) is 33.6 Å². The molecular formula is C11H18BrN3O. The molecule has 90 valence electrons. The van der Waals surface area contributed by atoms with E-state index in [1.807, 2.05) is 0 Å². The molecule has 0 saturated carbocycles. The Hall–Kier alpha value is -0.840. The fraction of sp³-hybridized carbons (Fsp3) is 0.636. The van der Waals surface area contributed by atoms with E-state index < -0.39 is 0 Å². The normalized spacial score (nSPS) is 12.8. The SMILES string of the molecule is CCC(CC)C(C)Nc1cn[nH]c(=O)c1Br. The van der Waals surface area contributed by atoms with Gasteiger partial charge in [-0.15, -0.1) is 0 Å². The van der Waals surface area contributed by atoms with Crippen LogP contribution < -0.4 is 10.9 Å². The fourth-order valence-corrected chi connectivity index (χ4v) is 2.15. The molecule has 1 rings (SSSR count). The number of nitrogens with one attached hydrogen (secondary N) is 2. The first-order chi connectivity index (χ1) is 7.60. The molecular weight excluding hydrogens is 270 g/mol. The number of nitrogens with zero attached hydrogens (tertiary/aromatic N) is 1. The van der Waals surface area contributed by atoms with Crippen molar-refractivity contribution in [3.8, 4) is 0 Å². The van der Waals surface area contributed by atoms with Crippen molar-refractivity contribution >= 4 is 21.6 Å². The third kappa shape index (κ3) is 3.07. The lowest BCUT2D eigenvalue weighted by Crippen LogP contribution is -2.26. The van der Waals surface area contributed by atoms with Gasteiger partial charge in [0.2, 0.25) is 0 Å². The van der Waals surface area contributed by atoms with Gasteiger partial charge in [-0.3, -0.25) is 4.79 Å². The van der Waals surface area contributed by atoms with E-state index >= 15 is 0 Å². The van der Waals surface area contributed by atoms with E-state index in [4.69, 9.17) is 0 Å². The molecule has 4 nitrogen and oxygen atoms in total. The monoisotopic (exact) mass is 287 g/mol. The maximum absolute atomic E-state index is 11.3. The van der Waals surface area contributed by atoms with Gasteiger partial charge in [-0.05, 0) is 28.8 Å². The van der Waals surface area contributed by atoms with Gasteiger partial charge in [-0.1, -0.05) is 26.7 Å². The Morgan fingerprint density at radius 1 is 1.50 bits per heavy atom. The molecule has 0 aromatic carbocycles. The predicted octanol–water partition coefficient (Wildman–Crippen LogP) is 2.77. The van der Waals surface area contributed by atoms with Crippen LogP contribution in [0.4, 0.5) is 5.69 Å². The van der Waals surface area contributed by atoms with Crippen molar-refractivity contribution in [2.75, 3.05) is 5.32 Å². The lowest BCUT2D eigenvalue weighted by molar-refractivity contribution is 0.437. The molecule has 1 aromatic rings. The first-order valence-corrected chi connectivity index (χ1v) is 6.39. The van der Waals surface area contributed by atoms with Gasteiger partial charge in [0.05, 0.1) is 11.9 Å². The average molecular weight is 288 g/mol. The summed E-state index contributed by atoms with van der Waals surface area (Å²) in [5.74, 6) is 0.603. The number of hydrogen-bond acceptors (Lipinski definition) is 3. The highest BCUT2D eigenvalue weighted by Crippen LogP contribution is 2.21. The third-order valence-corrected chi connectivity index (χ3v) is 3.72. The van der Waals surface area contributed by atoms with Gasteiger partial charge in [0.25, 0.3) is 5.56 Å². The molecule has 1 aromatic heterocycles. The number of hydrogen-bond donors (Lipinski definition) is 2. The van der Waals surface area contributed by atoms with Crippen molar-refractivity contribution in [2.45, 2.75) is 39.7 Å². The van der Waals surface area contributed by atoms with Gasteiger partial charge < -0.3 is 5.32 Å². The molecule has 16 heavy (non-hydrogen) atoms. The fourth-order valence-electron chi connectivity index (χ4n) is 1.84. The zero-order chi connectivity index (χ0) is 12.1. The second-order valence-electron chi connectivity index (χ2n) is 3.94. The van der Waals surface area contributed by atoms with Crippen LogP contribution in [0, 0.1) is 5.92 Å². The number of H-pyrrole nitrogens is 1. The molecule has 5 heteroatoms. The summed E-state index contributed by atoms with van der Waals surface area (Å²) in [5.41, 5.74) is 0.546. The molecule has 0 radical (unpaired) electrons. The Kier molecular flexibility index (Phi) is 4.99. The van der Waals surface area contributed by atoms with Crippen molar-refractivity contribution in [3.05, 3.63) is 21.0 Å². The summed E-state index contributed by atoms with van der Waals surface area (Å²) >= 11 is 3.26. The molecule has 2 N–H and O–H groups in total. The van der Waals surface area contributed by atoms with Crippen LogP contribution in [0.25, 0.3) is 0 Å². The summed E-state index contributed by atoms with van der Waals surface area (Å²) in [6, 6.07) is 0.329. The minimum absolute atomic E-state index is 0.207. The van der Waals surface area contributed by atoms with Crippen LogP contribution in [0.3, 0.4) is 0 Å². The Bertz CT molecular complexity index is 387. The quantitative estimate of drug-likeness (QED) is 0.876. The van der Waals surface area contributed by atoms with E-state index in [-0.39, 0.29) is 5.56 Å². The predicted molar refractivity (Wildman–Crippen MR) is 69.7 cm³/mol. The van der Waals surface area contributed by atoms with Gasteiger partial charge >= 0.3 is 0 Å². The number of rotatable bonds is 5. The first kappa shape index (κ1) is 13.2. The molecule has 0 aliphatic rings. The lowest BCUT2D eigenvalue weighted by atomic mass is 9.95. The highest BCUT2D eigenvalue weighted by molar-refractivity contribution is 9.10. The van der Waals surface area contributed by atoms with Crippen LogP contribution in [0.15, 0.2) is 15.5 Å². The highest BCUT2D eigenvalue weighted by atomic mass is 79.9. The van der Waals surface area contributed by atoms with Crippen molar-refractivity contribution in [3.63, 3.8) is 0 Å².